The fourth-order valence-corrected chi connectivity index (χ4v) is 5.41. The third-order valence-electron chi connectivity index (χ3n) is 7.36. The lowest BCUT2D eigenvalue weighted by Crippen LogP contribution is -2.64. The molecule has 1 atom stereocenters. The molecule has 1 aliphatic carbocycles. The van der Waals surface area contributed by atoms with E-state index >= 15 is 4.39 Å². The topological polar surface area (TPSA) is 75.0 Å². The molecule has 3 heterocycles. The van der Waals surface area contributed by atoms with Gasteiger partial charge in [-0.05, 0) is 43.0 Å². The first-order chi connectivity index (χ1) is 17.4. The summed E-state index contributed by atoms with van der Waals surface area (Å²) < 4.78 is 36.7. The number of carbonyl (C=O) groups is 1. The summed E-state index contributed by atoms with van der Waals surface area (Å²) in [5.41, 5.74) is -0.423. The van der Waals surface area contributed by atoms with Crippen LogP contribution in [0.4, 0.5) is 8.78 Å². The summed E-state index contributed by atoms with van der Waals surface area (Å²) in [4.78, 5) is 27.8. The minimum absolute atomic E-state index is 0.0191. The van der Waals surface area contributed by atoms with E-state index < -0.39 is 40.3 Å². The highest BCUT2D eigenvalue weighted by molar-refractivity contribution is 5.97. The van der Waals surface area contributed by atoms with E-state index in [1.165, 1.54) is 23.0 Å². The van der Waals surface area contributed by atoms with Crippen LogP contribution >= 0.6 is 0 Å². The number of aromatic nitrogens is 1. The van der Waals surface area contributed by atoms with Crippen LogP contribution in [0.5, 0.6) is 11.5 Å². The third-order valence-corrected chi connectivity index (χ3v) is 7.36. The van der Waals surface area contributed by atoms with Gasteiger partial charge in [0.1, 0.15) is 19.3 Å². The number of pyridine rings is 1. The van der Waals surface area contributed by atoms with Gasteiger partial charge in [-0.1, -0.05) is 36.4 Å². The van der Waals surface area contributed by atoms with Crippen molar-refractivity contribution in [2.45, 2.75) is 30.8 Å². The van der Waals surface area contributed by atoms with E-state index in [1.54, 1.807) is 16.0 Å². The average molecular weight is 491 g/mol. The van der Waals surface area contributed by atoms with Crippen molar-refractivity contribution in [2.75, 3.05) is 18.3 Å². The SMILES string of the molecule is O=C1c2c(O)c(=O)ccn2N2CN1C1(/C=C/COc3c(ccc(F)c3F)C2c2ccccc2)CCC1. The molecule has 36 heavy (non-hydrogen) atoms. The summed E-state index contributed by atoms with van der Waals surface area (Å²) in [7, 11) is 0. The molecular formula is C27H23F2N3O4. The molecule has 1 fully saturated rings. The highest BCUT2D eigenvalue weighted by Gasteiger charge is 2.49. The number of benzene rings is 2. The van der Waals surface area contributed by atoms with Crippen LogP contribution < -0.4 is 15.2 Å². The second-order valence-electron chi connectivity index (χ2n) is 9.30. The predicted molar refractivity (Wildman–Crippen MR) is 127 cm³/mol. The minimum Gasteiger partial charge on any atom is -0.502 e. The van der Waals surface area contributed by atoms with Crippen molar-refractivity contribution in [3.63, 3.8) is 0 Å². The van der Waals surface area contributed by atoms with Gasteiger partial charge < -0.3 is 14.7 Å². The molecule has 3 aromatic rings. The molecule has 184 valence electrons. The molecule has 1 aromatic heterocycles. The molecule has 6 rings (SSSR count). The molecule has 2 bridgehead atoms. The lowest BCUT2D eigenvalue weighted by molar-refractivity contribution is 0.0255. The van der Waals surface area contributed by atoms with Crippen LogP contribution in [0.1, 0.15) is 46.9 Å². The van der Waals surface area contributed by atoms with Crippen LogP contribution in [0.2, 0.25) is 0 Å². The van der Waals surface area contributed by atoms with E-state index in [9.17, 15) is 19.1 Å². The summed E-state index contributed by atoms with van der Waals surface area (Å²) in [6.45, 7) is 0.0607. The fraction of sp³-hybridized carbons (Fsp3) is 0.259. The van der Waals surface area contributed by atoms with E-state index in [-0.39, 0.29) is 24.7 Å². The lowest BCUT2D eigenvalue weighted by atomic mass is 9.74. The molecule has 3 aliphatic rings. The fourth-order valence-electron chi connectivity index (χ4n) is 5.41. The Hall–Kier alpha value is -4.14. The Morgan fingerprint density at radius 2 is 1.81 bits per heavy atom. The zero-order chi connectivity index (χ0) is 25.0. The molecule has 1 N–H and O–H groups in total. The zero-order valence-electron chi connectivity index (χ0n) is 19.2. The Morgan fingerprint density at radius 3 is 2.53 bits per heavy atom. The van der Waals surface area contributed by atoms with E-state index in [4.69, 9.17) is 4.74 Å². The van der Waals surface area contributed by atoms with Gasteiger partial charge in [-0.2, -0.15) is 4.39 Å². The Morgan fingerprint density at radius 1 is 1.03 bits per heavy atom. The number of hydrogen-bond donors (Lipinski definition) is 1. The number of halogens is 2. The molecule has 1 unspecified atom stereocenters. The maximum absolute atomic E-state index is 15.2. The molecule has 0 saturated heterocycles. The van der Waals surface area contributed by atoms with Crippen molar-refractivity contribution in [3.05, 3.63) is 106 Å². The van der Waals surface area contributed by atoms with Crippen molar-refractivity contribution in [3.8, 4) is 11.5 Å². The second-order valence-corrected chi connectivity index (χ2v) is 9.30. The molecule has 0 radical (unpaired) electrons. The molecule has 2 aromatic carbocycles. The minimum atomic E-state index is -1.10. The van der Waals surface area contributed by atoms with Crippen LogP contribution in [0, 0.1) is 11.6 Å². The number of hydrogen-bond acceptors (Lipinski definition) is 5. The second kappa shape index (κ2) is 8.22. The summed E-state index contributed by atoms with van der Waals surface area (Å²) in [6, 6.07) is 12.1. The van der Waals surface area contributed by atoms with Crippen molar-refractivity contribution in [1.82, 2.24) is 9.58 Å². The van der Waals surface area contributed by atoms with Gasteiger partial charge in [-0.25, -0.2) is 4.39 Å². The van der Waals surface area contributed by atoms with Crippen molar-refractivity contribution in [2.24, 2.45) is 0 Å². The van der Waals surface area contributed by atoms with Gasteiger partial charge in [-0.3, -0.25) is 19.3 Å². The highest BCUT2D eigenvalue weighted by atomic mass is 19.2. The lowest BCUT2D eigenvalue weighted by Gasteiger charge is -2.53. The van der Waals surface area contributed by atoms with E-state index in [2.05, 4.69) is 0 Å². The predicted octanol–water partition coefficient (Wildman–Crippen LogP) is 3.84. The monoisotopic (exact) mass is 491 g/mol. The first kappa shape index (κ1) is 22.3. The number of aromatic hydroxyl groups is 1. The van der Waals surface area contributed by atoms with E-state index in [0.717, 1.165) is 18.1 Å². The van der Waals surface area contributed by atoms with Gasteiger partial charge in [0.2, 0.25) is 11.2 Å². The Kier molecular flexibility index (Phi) is 5.10. The highest BCUT2D eigenvalue weighted by Crippen LogP contribution is 2.44. The van der Waals surface area contributed by atoms with Crippen LogP contribution in [0.25, 0.3) is 0 Å². The summed E-state index contributed by atoms with van der Waals surface area (Å²) >= 11 is 0. The molecule has 7 nitrogen and oxygen atoms in total. The van der Waals surface area contributed by atoms with Crippen LogP contribution in [0.3, 0.4) is 0 Å². The number of fused-ring (bicyclic) bond motifs is 6. The van der Waals surface area contributed by atoms with Gasteiger partial charge in [0.25, 0.3) is 5.91 Å². The molecule has 1 spiro atoms. The maximum Gasteiger partial charge on any atom is 0.278 e. The largest absolute Gasteiger partial charge is 0.502 e. The van der Waals surface area contributed by atoms with Crippen molar-refractivity contribution < 1.29 is 23.4 Å². The summed E-state index contributed by atoms with van der Waals surface area (Å²) in [6.07, 6.45) is 7.26. The van der Waals surface area contributed by atoms with Crippen molar-refractivity contribution >= 4 is 5.91 Å². The van der Waals surface area contributed by atoms with E-state index in [1.807, 2.05) is 36.4 Å². The Bertz CT molecular complexity index is 1450. The maximum atomic E-state index is 15.2. The molecule has 1 amide bonds. The number of nitrogens with zero attached hydrogens (tertiary/aromatic N) is 3. The van der Waals surface area contributed by atoms with Crippen LogP contribution in [-0.2, 0) is 0 Å². The first-order valence-corrected chi connectivity index (χ1v) is 11.8. The number of carbonyl (C=O) groups excluding carboxylic acids is 1. The zero-order valence-corrected chi connectivity index (χ0v) is 19.2. The number of rotatable bonds is 1. The molecule has 9 heteroatoms. The quantitative estimate of drug-likeness (QED) is 0.524. The van der Waals surface area contributed by atoms with Gasteiger partial charge >= 0.3 is 0 Å². The normalized spacial score (nSPS) is 21.1. The van der Waals surface area contributed by atoms with Gasteiger partial charge in [0.15, 0.2) is 23.0 Å². The van der Waals surface area contributed by atoms with Gasteiger partial charge in [0, 0.05) is 17.8 Å². The van der Waals surface area contributed by atoms with Crippen molar-refractivity contribution in [1.29, 1.82) is 0 Å². The summed E-state index contributed by atoms with van der Waals surface area (Å²) in [5.74, 6) is -3.49. The Balaban J connectivity index is 1.67. The standard InChI is InChI=1S/C27H23F2N3O4/c28-19-9-8-18-22(17-6-2-1-3-7-17)32-16-30(26(35)23-24(34)20(33)10-14-31(23)32)27(11-4-12-27)13-5-15-36-25(18)21(19)29/h1-3,5-10,13-14,22,34H,4,11-12,15-16H2/b13-5+. The third kappa shape index (κ3) is 3.22. The van der Waals surface area contributed by atoms with Gasteiger partial charge in [0.05, 0.1) is 5.54 Å². The molecular weight excluding hydrogens is 468 g/mol. The average Bonchev–Trinajstić information content (AvgIpc) is 2.88. The Labute approximate surface area is 205 Å². The number of amides is 1. The summed E-state index contributed by atoms with van der Waals surface area (Å²) in [5, 5.41) is 12.5. The van der Waals surface area contributed by atoms with E-state index in [0.29, 0.717) is 18.4 Å². The van der Waals surface area contributed by atoms with Crippen LogP contribution in [0.15, 0.2) is 71.7 Å². The number of ether oxygens (including phenoxy) is 1. The molecule has 1 saturated carbocycles. The first-order valence-electron chi connectivity index (χ1n) is 11.8. The van der Waals surface area contributed by atoms with Crippen LogP contribution in [-0.4, -0.2) is 39.4 Å². The molecule has 2 aliphatic heterocycles. The smallest absolute Gasteiger partial charge is 0.278 e. The van der Waals surface area contributed by atoms with Gasteiger partial charge in [-0.15, -0.1) is 0 Å².